The summed E-state index contributed by atoms with van der Waals surface area (Å²) in [4.78, 5) is 16.6. The van der Waals surface area contributed by atoms with Gasteiger partial charge >= 0.3 is 0 Å². The van der Waals surface area contributed by atoms with E-state index >= 15 is 0 Å². The van der Waals surface area contributed by atoms with E-state index in [1.807, 2.05) is 0 Å². The normalized spacial score (nSPS) is 17.6. The molecule has 4 nitrogen and oxygen atoms in total. The molecule has 4 heteroatoms. The summed E-state index contributed by atoms with van der Waals surface area (Å²) in [7, 11) is 4.22. The second-order valence-corrected chi connectivity index (χ2v) is 5.95. The Morgan fingerprint density at radius 2 is 1.85 bits per heavy atom. The van der Waals surface area contributed by atoms with E-state index < -0.39 is 0 Å². The Morgan fingerprint density at radius 3 is 2.40 bits per heavy atom. The lowest BCUT2D eigenvalue weighted by atomic mass is 9.96. The Labute approximate surface area is 121 Å². The van der Waals surface area contributed by atoms with Crippen LogP contribution in [0.3, 0.4) is 0 Å². The van der Waals surface area contributed by atoms with Crippen LogP contribution in [0.4, 0.5) is 0 Å². The van der Waals surface area contributed by atoms with Crippen LogP contribution >= 0.6 is 0 Å². The van der Waals surface area contributed by atoms with E-state index in [4.69, 9.17) is 0 Å². The molecule has 0 amide bonds. The molecule has 1 aliphatic heterocycles. The molecule has 1 heterocycles. The van der Waals surface area contributed by atoms with Gasteiger partial charge < -0.3 is 10.0 Å². The first kappa shape index (κ1) is 15.0. The summed E-state index contributed by atoms with van der Waals surface area (Å²) in [6.45, 7) is 3.63. The number of hydrogen-bond donors (Lipinski definition) is 1. The minimum absolute atomic E-state index is 0.135. The zero-order valence-electron chi connectivity index (χ0n) is 12.4. The highest BCUT2D eigenvalue weighted by Crippen LogP contribution is 2.18. The molecular formula is C16H24N2O2. The number of likely N-dealkylation sites (tertiary alicyclic amines) is 1. The molecule has 1 aromatic rings. The molecule has 1 saturated heterocycles. The van der Waals surface area contributed by atoms with Crippen molar-refractivity contribution in [2.24, 2.45) is 5.92 Å². The Hall–Kier alpha value is -1.39. The lowest BCUT2D eigenvalue weighted by molar-refractivity contribution is 0.0886. The van der Waals surface area contributed by atoms with Gasteiger partial charge in [-0.2, -0.15) is 0 Å². The fraction of sp³-hybridized carbons (Fsp3) is 0.562. The number of ketones is 1. The molecule has 0 aromatic heterocycles. The lowest BCUT2D eigenvalue weighted by Gasteiger charge is -2.32. The Morgan fingerprint density at radius 1 is 1.25 bits per heavy atom. The predicted molar refractivity (Wildman–Crippen MR) is 80.2 cm³/mol. The quantitative estimate of drug-likeness (QED) is 0.834. The van der Waals surface area contributed by atoms with E-state index in [9.17, 15) is 9.90 Å². The largest absolute Gasteiger partial charge is 0.508 e. The van der Waals surface area contributed by atoms with Crippen LogP contribution in [-0.4, -0.2) is 61.0 Å². The maximum Gasteiger partial charge on any atom is 0.176 e. The number of phenols is 1. The molecule has 0 aliphatic carbocycles. The lowest BCUT2D eigenvalue weighted by Crippen LogP contribution is -2.39. The molecule has 0 bridgehead atoms. The van der Waals surface area contributed by atoms with Crippen molar-refractivity contribution in [2.75, 3.05) is 40.3 Å². The maximum atomic E-state index is 12.2. The van der Waals surface area contributed by atoms with Gasteiger partial charge in [0, 0.05) is 12.1 Å². The summed E-state index contributed by atoms with van der Waals surface area (Å²) in [6, 6.07) is 6.51. The number of benzene rings is 1. The first-order chi connectivity index (χ1) is 9.54. The van der Waals surface area contributed by atoms with Gasteiger partial charge in [-0.1, -0.05) is 0 Å². The van der Waals surface area contributed by atoms with Crippen LogP contribution in [0, 0.1) is 5.92 Å². The summed E-state index contributed by atoms with van der Waals surface area (Å²) >= 11 is 0. The number of Topliss-reactive ketones (excluding diaryl/α,β-unsaturated/α-hetero) is 1. The standard InChI is InChI=1S/C16H24N2O2/c1-17(2)11-13-7-9-18(10-8-13)12-16(20)14-3-5-15(19)6-4-14/h3-6,13,19H,7-12H2,1-2H3. The minimum Gasteiger partial charge on any atom is -0.508 e. The van der Waals surface area contributed by atoms with E-state index in [0.29, 0.717) is 12.1 Å². The first-order valence-corrected chi connectivity index (χ1v) is 7.24. The summed E-state index contributed by atoms with van der Waals surface area (Å²) in [5.41, 5.74) is 0.679. The molecule has 0 saturated carbocycles. The van der Waals surface area contributed by atoms with E-state index in [-0.39, 0.29) is 11.5 Å². The molecule has 20 heavy (non-hydrogen) atoms. The van der Waals surface area contributed by atoms with Gasteiger partial charge in [-0.15, -0.1) is 0 Å². The Bertz CT molecular complexity index is 434. The SMILES string of the molecule is CN(C)CC1CCN(CC(=O)c2ccc(O)cc2)CC1. The van der Waals surface area contributed by atoms with Gasteiger partial charge in [0.2, 0.25) is 0 Å². The molecule has 1 fully saturated rings. The average molecular weight is 276 g/mol. The van der Waals surface area contributed by atoms with Crippen LogP contribution in [-0.2, 0) is 0 Å². The highest BCUT2D eigenvalue weighted by molar-refractivity contribution is 5.97. The molecule has 0 spiro atoms. The molecular weight excluding hydrogens is 252 g/mol. The molecule has 2 rings (SSSR count). The van der Waals surface area contributed by atoms with Gasteiger partial charge in [0.15, 0.2) is 5.78 Å². The highest BCUT2D eigenvalue weighted by atomic mass is 16.3. The van der Waals surface area contributed by atoms with Crippen molar-refractivity contribution in [3.05, 3.63) is 29.8 Å². The van der Waals surface area contributed by atoms with E-state index in [2.05, 4.69) is 23.9 Å². The number of carbonyl (C=O) groups is 1. The van der Waals surface area contributed by atoms with Crippen LogP contribution in [0.15, 0.2) is 24.3 Å². The second-order valence-electron chi connectivity index (χ2n) is 5.95. The third-order valence-corrected chi connectivity index (χ3v) is 3.89. The van der Waals surface area contributed by atoms with E-state index in [1.165, 1.54) is 12.8 Å². The number of nitrogens with zero attached hydrogens (tertiary/aromatic N) is 2. The smallest absolute Gasteiger partial charge is 0.176 e. The fourth-order valence-electron chi connectivity index (χ4n) is 2.79. The maximum absolute atomic E-state index is 12.2. The first-order valence-electron chi connectivity index (χ1n) is 7.24. The van der Waals surface area contributed by atoms with Crippen molar-refractivity contribution in [2.45, 2.75) is 12.8 Å². The van der Waals surface area contributed by atoms with E-state index in [1.54, 1.807) is 24.3 Å². The molecule has 0 atom stereocenters. The Balaban J connectivity index is 1.80. The molecule has 0 radical (unpaired) electrons. The summed E-state index contributed by atoms with van der Waals surface area (Å²) in [5, 5.41) is 9.24. The number of hydrogen-bond acceptors (Lipinski definition) is 4. The van der Waals surface area contributed by atoms with Crippen LogP contribution < -0.4 is 0 Å². The van der Waals surface area contributed by atoms with Gasteiger partial charge in [-0.25, -0.2) is 0 Å². The fourth-order valence-corrected chi connectivity index (χ4v) is 2.79. The van der Waals surface area contributed by atoms with E-state index in [0.717, 1.165) is 25.6 Å². The van der Waals surface area contributed by atoms with Gasteiger partial charge in [0.1, 0.15) is 5.75 Å². The van der Waals surface area contributed by atoms with Gasteiger partial charge in [-0.3, -0.25) is 9.69 Å². The highest BCUT2D eigenvalue weighted by Gasteiger charge is 2.21. The van der Waals surface area contributed by atoms with Crippen molar-refractivity contribution in [1.82, 2.24) is 9.80 Å². The number of phenolic OH excluding ortho intramolecular Hbond substituents is 1. The topological polar surface area (TPSA) is 43.8 Å². The zero-order valence-corrected chi connectivity index (χ0v) is 12.4. The number of aromatic hydroxyl groups is 1. The third-order valence-electron chi connectivity index (χ3n) is 3.89. The van der Waals surface area contributed by atoms with Crippen molar-refractivity contribution in [3.8, 4) is 5.75 Å². The van der Waals surface area contributed by atoms with Crippen LogP contribution in [0.1, 0.15) is 23.2 Å². The van der Waals surface area contributed by atoms with Crippen molar-refractivity contribution >= 4 is 5.78 Å². The number of carbonyl (C=O) groups excluding carboxylic acids is 1. The van der Waals surface area contributed by atoms with Crippen LogP contribution in [0.2, 0.25) is 0 Å². The minimum atomic E-state index is 0.135. The van der Waals surface area contributed by atoms with Crippen molar-refractivity contribution in [3.63, 3.8) is 0 Å². The van der Waals surface area contributed by atoms with Gasteiger partial charge in [0.05, 0.1) is 6.54 Å². The molecule has 1 aliphatic rings. The monoisotopic (exact) mass is 276 g/mol. The van der Waals surface area contributed by atoms with Crippen molar-refractivity contribution < 1.29 is 9.90 Å². The molecule has 0 unspecified atom stereocenters. The third kappa shape index (κ3) is 4.32. The molecule has 1 aromatic carbocycles. The molecule has 110 valence electrons. The van der Waals surface area contributed by atoms with Crippen molar-refractivity contribution in [1.29, 1.82) is 0 Å². The number of rotatable bonds is 5. The van der Waals surface area contributed by atoms with Crippen LogP contribution in [0.25, 0.3) is 0 Å². The zero-order chi connectivity index (χ0) is 14.5. The second kappa shape index (κ2) is 6.86. The van der Waals surface area contributed by atoms with Crippen LogP contribution in [0.5, 0.6) is 5.75 Å². The summed E-state index contributed by atoms with van der Waals surface area (Å²) < 4.78 is 0. The summed E-state index contributed by atoms with van der Waals surface area (Å²) in [6.07, 6.45) is 2.34. The predicted octanol–water partition coefficient (Wildman–Crippen LogP) is 1.85. The Kier molecular flexibility index (Phi) is 5.15. The van der Waals surface area contributed by atoms with Gasteiger partial charge in [-0.05, 0) is 70.2 Å². The number of piperidine rings is 1. The average Bonchev–Trinajstić information content (AvgIpc) is 2.41. The summed E-state index contributed by atoms with van der Waals surface area (Å²) in [5.74, 6) is 1.09. The van der Waals surface area contributed by atoms with Gasteiger partial charge in [0.25, 0.3) is 0 Å². The molecule has 1 N–H and O–H groups in total.